The van der Waals surface area contributed by atoms with Crippen molar-refractivity contribution in [2.45, 2.75) is 26.4 Å². The highest BCUT2D eigenvalue weighted by atomic mass is 16.5. The number of anilines is 3. The van der Waals surface area contributed by atoms with Crippen molar-refractivity contribution in [3.05, 3.63) is 65.9 Å². The number of carbonyl (C=O) groups is 1. The second kappa shape index (κ2) is 8.59. The zero-order valence-electron chi connectivity index (χ0n) is 18.4. The fourth-order valence-electron chi connectivity index (χ4n) is 4.12. The fraction of sp³-hybridized carbons (Fsp3) is 0.320. The Labute approximate surface area is 188 Å². The number of nitrogens with one attached hydrogen (secondary N) is 1. The largest absolute Gasteiger partial charge is 0.378 e. The van der Waals surface area contributed by atoms with Crippen LogP contribution in [0.25, 0.3) is 11.1 Å². The predicted octanol–water partition coefficient (Wildman–Crippen LogP) is 4.09. The number of aromatic nitrogens is 2. The molecular formula is C25H27N5O2. The molecule has 1 amide bonds. The number of amides is 1. The number of hydrogen-bond donors (Lipinski definition) is 1. The summed E-state index contributed by atoms with van der Waals surface area (Å²) in [6.07, 6.45) is 0. The average Bonchev–Trinajstić information content (AvgIpc) is 3.18. The third kappa shape index (κ3) is 3.91. The van der Waals surface area contributed by atoms with E-state index in [-0.39, 0.29) is 11.9 Å². The van der Waals surface area contributed by atoms with Gasteiger partial charge in [-0.15, -0.1) is 0 Å². The summed E-state index contributed by atoms with van der Waals surface area (Å²) in [6.45, 7) is 7.26. The van der Waals surface area contributed by atoms with Crippen LogP contribution in [-0.4, -0.2) is 53.1 Å². The predicted molar refractivity (Wildman–Crippen MR) is 125 cm³/mol. The van der Waals surface area contributed by atoms with Gasteiger partial charge in [-0.05, 0) is 37.1 Å². The summed E-state index contributed by atoms with van der Waals surface area (Å²) in [5.74, 6) is 1.24. The Balaban J connectivity index is 1.48. The van der Waals surface area contributed by atoms with Gasteiger partial charge < -0.3 is 19.9 Å². The second-order valence-electron chi connectivity index (χ2n) is 8.39. The van der Waals surface area contributed by atoms with Gasteiger partial charge in [0.2, 0.25) is 5.95 Å². The molecule has 1 aromatic heterocycles. The van der Waals surface area contributed by atoms with Gasteiger partial charge in [-0.2, -0.15) is 4.98 Å². The van der Waals surface area contributed by atoms with Gasteiger partial charge >= 0.3 is 0 Å². The molecule has 0 radical (unpaired) electrons. The van der Waals surface area contributed by atoms with Gasteiger partial charge in [0, 0.05) is 30.4 Å². The van der Waals surface area contributed by atoms with Crippen molar-refractivity contribution in [1.82, 2.24) is 14.9 Å². The minimum absolute atomic E-state index is 0.0330. The lowest BCUT2D eigenvalue weighted by Crippen LogP contribution is -2.37. The molecule has 164 valence electrons. The molecule has 1 N–H and O–H groups in total. The Bertz CT molecular complexity index is 1110. The molecule has 3 aromatic rings. The number of rotatable bonds is 5. The van der Waals surface area contributed by atoms with E-state index in [1.807, 2.05) is 49.1 Å². The SMILES string of the molecule is CC(C)N1Cc2c(Nc3ccc(-c4ccccc4)cc3)nc(N3CCOCC3)nc2C1=O. The smallest absolute Gasteiger partial charge is 0.273 e. The maximum atomic E-state index is 13.0. The number of morpholine rings is 1. The van der Waals surface area contributed by atoms with Gasteiger partial charge in [0.25, 0.3) is 5.91 Å². The number of nitrogens with zero attached hydrogens (tertiary/aromatic N) is 4. The summed E-state index contributed by atoms with van der Waals surface area (Å²) < 4.78 is 5.47. The molecule has 0 aliphatic carbocycles. The van der Waals surface area contributed by atoms with E-state index in [0.717, 1.165) is 16.8 Å². The van der Waals surface area contributed by atoms with Crippen LogP contribution in [0.15, 0.2) is 54.6 Å². The van der Waals surface area contributed by atoms with Crippen molar-refractivity contribution in [3.63, 3.8) is 0 Å². The minimum Gasteiger partial charge on any atom is -0.378 e. The highest BCUT2D eigenvalue weighted by molar-refractivity contribution is 5.98. The van der Waals surface area contributed by atoms with Gasteiger partial charge in [-0.3, -0.25) is 4.79 Å². The molecule has 2 aromatic carbocycles. The van der Waals surface area contributed by atoms with Crippen molar-refractivity contribution >= 4 is 23.4 Å². The molecule has 0 unspecified atom stereocenters. The van der Waals surface area contributed by atoms with Gasteiger partial charge in [0.1, 0.15) is 11.5 Å². The summed E-state index contributed by atoms with van der Waals surface area (Å²) in [6, 6.07) is 18.7. The van der Waals surface area contributed by atoms with E-state index in [1.54, 1.807) is 0 Å². The Hall–Kier alpha value is -3.45. The molecule has 3 heterocycles. The van der Waals surface area contributed by atoms with Crippen molar-refractivity contribution in [2.75, 3.05) is 36.5 Å². The van der Waals surface area contributed by atoms with Crippen molar-refractivity contribution in [3.8, 4) is 11.1 Å². The zero-order chi connectivity index (χ0) is 22.1. The van der Waals surface area contributed by atoms with Crippen LogP contribution < -0.4 is 10.2 Å². The number of ether oxygens (including phenoxy) is 1. The first-order valence-electron chi connectivity index (χ1n) is 11.1. The van der Waals surface area contributed by atoms with Gasteiger partial charge in [0.05, 0.1) is 19.8 Å². The lowest BCUT2D eigenvalue weighted by molar-refractivity contribution is 0.0726. The molecule has 2 aliphatic heterocycles. The molecule has 0 saturated carbocycles. The quantitative estimate of drug-likeness (QED) is 0.659. The van der Waals surface area contributed by atoms with E-state index >= 15 is 0 Å². The highest BCUT2D eigenvalue weighted by Gasteiger charge is 2.35. The standard InChI is InChI=1S/C25H27N5O2/c1-17(2)30-16-21-22(24(30)31)27-25(29-12-14-32-15-13-29)28-23(21)26-20-10-8-19(9-11-20)18-6-4-3-5-7-18/h3-11,17H,12-16H2,1-2H3,(H,26,27,28). The van der Waals surface area contributed by atoms with Gasteiger partial charge in [-0.1, -0.05) is 42.5 Å². The van der Waals surface area contributed by atoms with Crippen LogP contribution >= 0.6 is 0 Å². The Morgan fingerprint density at radius 2 is 1.62 bits per heavy atom. The van der Waals surface area contributed by atoms with E-state index in [9.17, 15) is 4.79 Å². The van der Waals surface area contributed by atoms with Crippen LogP contribution in [0.4, 0.5) is 17.5 Å². The zero-order valence-corrected chi connectivity index (χ0v) is 18.4. The van der Waals surface area contributed by atoms with E-state index in [2.05, 4.69) is 39.5 Å². The molecule has 1 saturated heterocycles. The van der Waals surface area contributed by atoms with Crippen LogP contribution in [0.2, 0.25) is 0 Å². The highest BCUT2D eigenvalue weighted by Crippen LogP contribution is 2.32. The monoisotopic (exact) mass is 429 g/mol. The van der Waals surface area contributed by atoms with Crippen LogP contribution in [0.1, 0.15) is 29.9 Å². The summed E-state index contributed by atoms with van der Waals surface area (Å²) >= 11 is 0. The first-order valence-corrected chi connectivity index (χ1v) is 11.1. The summed E-state index contributed by atoms with van der Waals surface area (Å²) in [5.41, 5.74) is 4.61. The maximum Gasteiger partial charge on any atom is 0.273 e. The summed E-state index contributed by atoms with van der Waals surface area (Å²) in [4.78, 5) is 26.5. The molecule has 7 nitrogen and oxygen atoms in total. The van der Waals surface area contributed by atoms with Crippen LogP contribution in [0.5, 0.6) is 0 Å². The van der Waals surface area contributed by atoms with E-state index < -0.39 is 0 Å². The average molecular weight is 430 g/mol. The second-order valence-corrected chi connectivity index (χ2v) is 8.39. The molecule has 7 heteroatoms. The Kier molecular flexibility index (Phi) is 5.49. The van der Waals surface area contributed by atoms with E-state index in [1.165, 1.54) is 5.56 Å². The molecule has 0 spiro atoms. The molecule has 5 rings (SSSR count). The fourth-order valence-corrected chi connectivity index (χ4v) is 4.12. The molecule has 0 atom stereocenters. The number of fused-ring (bicyclic) bond motifs is 1. The first kappa shape index (κ1) is 20.5. The molecule has 32 heavy (non-hydrogen) atoms. The van der Waals surface area contributed by atoms with Crippen molar-refractivity contribution in [2.24, 2.45) is 0 Å². The molecule has 1 fully saturated rings. The van der Waals surface area contributed by atoms with E-state index in [4.69, 9.17) is 9.72 Å². The topological polar surface area (TPSA) is 70.6 Å². The van der Waals surface area contributed by atoms with Gasteiger partial charge in [-0.25, -0.2) is 4.98 Å². The third-order valence-electron chi connectivity index (χ3n) is 5.96. The number of benzene rings is 2. The van der Waals surface area contributed by atoms with Gasteiger partial charge in [0.15, 0.2) is 0 Å². The third-order valence-corrected chi connectivity index (χ3v) is 5.96. The molecule has 2 aliphatic rings. The number of hydrogen-bond acceptors (Lipinski definition) is 6. The minimum atomic E-state index is -0.0330. The number of carbonyl (C=O) groups excluding carboxylic acids is 1. The maximum absolute atomic E-state index is 13.0. The summed E-state index contributed by atoms with van der Waals surface area (Å²) in [5, 5.41) is 3.45. The Morgan fingerprint density at radius 3 is 2.31 bits per heavy atom. The molecular weight excluding hydrogens is 402 g/mol. The van der Waals surface area contributed by atoms with E-state index in [0.29, 0.717) is 50.3 Å². The first-order chi connectivity index (χ1) is 15.6. The molecule has 0 bridgehead atoms. The van der Waals surface area contributed by atoms with Crippen LogP contribution in [0.3, 0.4) is 0 Å². The van der Waals surface area contributed by atoms with Crippen molar-refractivity contribution in [1.29, 1.82) is 0 Å². The lowest BCUT2D eigenvalue weighted by Gasteiger charge is -2.27. The van der Waals surface area contributed by atoms with Crippen LogP contribution in [-0.2, 0) is 11.3 Å². The normalized spacial score (nSPS) is 15.9. The Morgan fingerprint density at radius 1 is 0.938 bits per heavy atom. The van der Waals surface area contributed by atoms with Crippen molar-refractivity contribution < 1.29 is 9.53 Å². The summed E-state index contributed by atoms with van der Waals surface area (Å²) in [7, 11) is 0. The lowest BCUT2D eigenvalue weighted by atomic mass is 10.1. The van der Waals surface area contributed by atoms with Crippen LogP contribution in [0, 0.1) is 0 Å².